The third kappa shape index (κ3) is 3.00. The monoisotopic (exact) mass is 253 g/mol. The molecule has 4 heteroatoms. The fourth-order valence-corrected chi connectivity index (χ4v) is 2.24. The lowest BCUT2D eigenvalue weighted by atomic mass is 10.0. The van der Waals surface area contributed by atoms with E-state index in [-0.39, 0.29) is 23.6 Å². The van der Waals surface area contributed by atoms with Crippen molar-refractivity contribution < 1.29 is 14.2 Å². The summed E-state index contributed by atoms with van der Waals surface area (Å²) in [6, 6.07) is 5.17. The predicted octanol–water partition coefficient (Wildman–Crippen LogP) is 2.09. The molecule has 2 rings (SSSR count). The van der Waals surface area contributed by atoms with Gasteiger partial charge in [-0.1, -0.05) is 12.1 Å². The molecule has 0 spiro atoms. The maximum atomic E-state index is 13.9. The highest BCUT2D eigenvalue weighted by atomic mass is 19.1. The second-order valence-corrected chi connectivity index (χ2v) is 5.01. The lowest BCUT2D eigenvalue weighted by Gasteiger charge is -2.15. The van der Waals surface area contributed by atoms with Crippen LogP contribution in [0.15, 0.2) is 18.2 Å². The van der Waals surface area contributed by atoms with Crippen LogP contribution in [-0.2, 0) is 6.54 Å². The maximum absolute atomic E-state index is 13.9. The van der Waals surface area contributed by atoms with Crippen molar-refractivity contribution >= 4 is 0 Å². The van der Waals surface area contributed by atoms with Crippen molar-refractivity contribution in [1.82, 2.24) is 5.32 Å². The standard InChI is InChI=1S/C14H20FNO2/c1-18-12-4-2-3-11(13(12)15)9-16-10-14(5-6-14)7-8-17/h2-4,16-17H,5-10H2,1H3. The van der Waals surface area contributed by atoms with Gasteiger partial charge in [-0.2, -0.15) is 0 Å². The summed E-state index contributed by atoms with van der Waals surface area (Å²) in [6.45, 7) is 1.57. The van der Waals surface area contributed by atoms with Crippen LogP contribution < -0.4 is 10.1 Å². The van der Waals surface area contributed by atoms with Gasteiger partial charge in [0.25, 0.3) is 0 Å². The van der Waals surface area contributed by atoms with Crippen LogP contribution >= 0.6 is 0 Å². The first-order valence-electron chi connectivity index (χ1n) is 6.34. The summed E-state index contributed by atoms with van der Waals surface area (Å²) in [5.74, 6) is -0.00898. The minimum atomic E-state index is -0.292. The Morgan fingerprint density at radius 2 is 2.22 bits per heavy atom. The molecule has 1 aliphatic rings. The van der Waals surface area contributed by atoms with Gasteiger partial charge in [-0.05, 0) is 30.7 Å². The lowest BCUT2D eigenvalue weighted by Crippen LogP contribution is -2.24. The van der Waals surface area contributed by atoms with Crippen LogP contribution in [0.4, 0.5) is 4.39 Å². The summed E-state index contributed by atoms with van der Waals surface area (Å²) in [5.41, 5.74) is 0.874. The molecule has 0 heterocycles. The first-order chi connectivity index (χ1) is 8.71. The second-order valence-electron chi connectivity index (χ2n) is 5.01. The van der Waals surface area contributed by atoms with Crippen LogP contribution in [0, 0.1) is 11.2 Å². The number of ether oxygens (including phenoxy) is 1. The fourth-order valence-electron chi connectivity index (χ4n) is 2.24. The number of nitrogens with one attached hydrogen (secondary N) is 1. The van der Waals surface area contributed by atoms with E-state index in [0.29, 0.717) is 12.1 Å². The highest BCUT2D eigenvalue weighted by Crippen LogP contribution is 2.47. The van der Waals surface area contributed by atoms with E-state index in [1.807, 2.05) is 0 Å². The Hall–Kier alpha value is -1.13. The molecule has 1 aromatic rings. The minimum Gasteiger partial charge on any atom is -0.494 e. The number of rotatable bonds is 7. The average molecular weight is 253 g/mol. The molecule has 0 atom stereocenters. The van der Waals surface area contributed by atoms with Crippen molar-refractivity contribution in [1.29, 1.82) is 0 Å². The average Bonchev–Trinajstić information content (AvgIpc) is 3.12. The van der Waals surface area contributed by atoms with Crippen LogP contribution in [0.25, 0.3) is 0 Å². The van der Waals surface area contributed by atoms with Crippen LogP contribution in [0.5, 0.6) is 5.75 Å². The molecule has 1 fully saturated rings. The number of aliphatic hydroxyl groups excluding tert-OH is 1. The third-order valence-corrected chi connectivity index (χ3v) is 3.68. The molecule has 1 saturated carbocycles. The molecule has 100 valence electrons. The molecule has 0 saturated heterocycles. The molecule has 3 nitrogen and oxygen atoms in total. The Bertz CT molecular complexity index is 405. The van der Waals surface area contributed by atoms with Crippen LogP contribution in [0.1, 0.15) is 24.8 Å². The van der Waals surface area contributed by atoms with E-state index in [1.54, 1.807) is 18.2 Å². The van der Waals surface area contributed by atoms with E-state index in [4.69, 9.17) is 9.84 Å². The Kier molecular flexibility index (Phi) is 4.19. The van der Waals surface area contributed by atoms with Crippen molar-refractivity contribution in [3.8, 4) is 5.75 Å². The van der Waals surface area contributed by atoms with Gasteiger partial charge in [0.2, 0.25) is 0 Å². The molecule has 1 aliphatic carbocycles. The Labute approximate surface area is 107 Å². The van der Waals surface area contributed by atoms with Gasteiger partial charge in [0, 0.05) is 25.3 Å². The van der Waals surface area contributed by atoms with E-state index in [9.17, 15) is 4.39 Å². The van der Waals surface area contributed by atoms with Crippen molar-refractivity contribution in [3.63, 3.8) is 0 Å². The minimum absolute atomic E-state index is 0.231. The van der Waals surface area contributed by atoms with Gasteiger partial charge in [-0.15, -0.1) is 0 Å². The Morgan fingerprint density at radius 3 is 2.83 bits per heavy atom. The van der Waals surface area contributed by atoms with E-state index in [2.05, 4.69) is 5.32 Å². The number of benzene rings is 1. The summed E-state index contributed by atoms with van der Waals surface area (Å²) >= 11 is 0. The van der Waals surface area contributed by atoms with E-state index < -0.39 is 0 Å². The highest BCUT2D eigenvalue weighted by molar-refractivity contribution is 5.30. The quantitative estimate of drug-likeness (QED) is 0.782. The molecule has 0 unspecified atom stereocenters. The summed E-state index contributed by atoms with van der Waals surface area (Å²) in [7, 11) is 1.47. The van der Waals surface area contributed by atoms with Crippen LogP contribution in [-0.4, -0.2) is 25.4 Å². The van der Waals surface area contributed by atoms with Crippen molar-refractivity contribution in [2.24, 2.45) is 5.41 Å². The topological polar surface area (TPSA) is 41.5 Å². The predicted molar refractivity (Wildman–Crippen MR) is 68.0 cm³/mol. The van der Waals surface area contributed by atoms with Crippen LogP contribution in [0.3, 0.4) is 0 Å². The van der Waals surface area contributed by atoms with E-state index in [0.717, 1.165) is 25.8 Å². The van der Waals surface area contributed by atoms with Crippen molar-refractivity contribution in [3.05, 3.63) is 29.6 Å². The molecule has 0 bridgehead atoms. The van der Waals surface area contributed by atoms with Gasteiger partial charge in [0.15, 0.2) is 11.6 Å². The molecule has 18 heavy (non-hydrogen) atoms. The first kappa shape index (κ1) is 13.3. The molecular formula is C14H20FNO2. The zero-order chi connectivity index (χ0) is 13.0. The number of halogens is 1. The number of aliphatic hydroxyl groups is 1. The van der Waals surface area contributed by atoms with Gasteiger partial charge < -0.3 is 15.2 Å². The van der Waals surface area contributed by atoms with Gasteiger partial charge in [-0.25, -0.2) is 4.39 Å². The smallest absolute Gasteiger partial charge is 0.169 e. The van der Waals surface area contributed by atoms with Gasteiger partial charge in [-0.3, -0.25) is 0 Å². The van der Waals surface area contributed by atoms with E-state index >= 15 is 0 Å². The molecule has 1 aromatic carbocycles. The van der Waals surface area contributed by atoms with Gasteiger partial charge in [0.05, 0.1) is 7.11 Å². The van der Waals surface area contributed by atoms with Crippen molar-refractivity contribution in [2.45, 2.75) is 25.8 Å². The van der Waals surface area contributed by atoms with Crippen molar-refractivity contribution in [2.75, 3.05) is 20.3 Å². The number of hydrogen-bond acceptors (Lipinski definition) is 3. The zero-order valence-electron chi connectivity index (χ0n) is 10.7. The molecule has 0 radical (unpaired) electrons. The Morgan fingerprint density at radius 1 is 1.44 bits per heavy atom. The fraction of sp³-hybridized carbons (Fsp3) is 0.571. The van der Waals surface area contributed by atoms with Gasteiger partial charge in [0.1, 0.15) is 0 Å². The Balaban J connectivity index is 1.87. The number of hydrogen-bond donors (Lipinski definition) is 2. The SMILES string of the molecule is COc1cccc(CNCC2(CCO)CC2)c1F. The molecule has 0 amide bonds. The summed E-state index contributed by atoms with van der Waals surface area (Å²) < 4.78 is 18.8. The highest BCUT2D eigenvalue weighted by Gasteiger charge is 2.41. The molecule has 0 aromatic heterocycles. The second kappa shape index (κ2) is 5.67. The normalized spacial score (nSPS) is 16.6. The zero-order valence-corrected chi connectivity index (χ0v) is 10.7. The summed E-state index contributed by atoms with van der Waals surface area (Å²) in [6.07, 6.45) is 3.14. The number of methoxy groups -OCH3 is 1. The molecule has 2 N–H and O–H groups in total. The first-order valence-corrected chi connectivity index (χ1v) is 6.34. The molecular weight excluding hydrogens is 233 g/mol. The maximum Gasteiger partial charge on any atom is 0.169 e. The van der Waals surface area contributed by atoms with E-state index in [1.165, 1.54) is 7.11 Å². The third-order valence-electron chi connectivity index (χ3n) is 3.68. The summed E-state index contributed by atoms with van der Waals surface area (Å²) in [5, 5.41) is 12.2. The van der Waals surface area contributed by atoms with Crippen LogP contribution in [0.2, 0.25) is 0 Å². The lowest BCUT2D eigenvalue weighted by molar-refractivity contribution is 0.245. The largest absolute Gasteiger partial charge is 0.494 e. The summed E-state index contributed by atoms with van der Waals surface area (Å²) in [4.78, 5) is 0. The van der Waals surface area contributed by atoms with Gasteiger partial charge >= 0.3 is 0 Å². The molecule has 0 aliphatic heterocycles.